The minimum atomic E-state index is 0.480. The molecule has 13 heavy (non-hydrogen) atoms. The topological polar surface area (TPSA) is 20.2 Å². The van der Waals surface area contributed by atoms with E-state index in [-0.39, 0.29) is 0 Å². The van der Waals surface area contributed by atoms with Gasteiger partial charge in [0.15, 0.2) is 0 Å². The number of allylic oxidation sites excluding steroid dienone is 1. The minimum absolute atomic E-state index is 0.480. The lowest BCUT2D eigenvalue weighted by molar-refractivity contribution is 0.465. The summed E-state index contributed by atoms with van der Waals surface area (Å²) in [5, 5.41) is 9.83. The highest BCUT2D eigenvalue weighted by Crippen LogP contribution is 2.36. The molecule has 0 radical (unpaired) electrons. The first-order valence-corrected chi connectivity index (χ1v) is 4.59. The number of phenolic OH excluding ortho intramolecular Hbond substituents is 1. The predicted octanol–water partition coefficient (Wildman–Crippen LogP) is 2.97. The Hall–Kier alpha value is -1.24. The maximum atomic E-state index is 9.83. The molecule has 0 atom stereocenters. The quantitative estimate of drug-likeness (QED) is 0.641. The Labute approximate surface area is 78.7 Å². The van der Waals surface area contributed by atoms with E-state index >= 15 is 0 Å². The van der Waals surface area contributed by atoms with Crippen LogP contribution in [0.4, 0.5) is 0 Å². The summed E-state index contributed by atoms with van der Waals surface area (Å²) >= 11 is 0. The molecule has 1 aromatic carbocycles. The Kier molecular flexibility index (Phi) is 1.69. The third-order valence-corrected chi connectivity index (χ3v) is 2.69. The second-order valence-electron chi connectivity index (χ2n) is 3.92. The van der Waals surface area contributed by atoms with E-state index in [1.165, 1.54) is 16.7 Å². The van der Waals surface area contributed by atoms with Crippen molar-refractivity contribution in [1.29, 1.82) is 0 Å². The lowest BCUT2D eigenvalue weighted by Gasteiger charge is -2.08. The van der Waals surface area contributed by atoms with Crippen molar-refractivity contribution >= 4 is 6.08 Å². The molecule has 1 aliphatic rings. The summed E-state index contributed by atoms with van der Waals surface area (Å²) in [5.41, 5.74) is 5.91. The molecule has 0 bridgehead atoms. The van der Waals surface area contributed by atoms with Crippen LogP contribution < -0.4 is 0 Å². The van der Waals surface area contributed by atoms with Crippen LogP contribution >= 0.6 is 0 Å². The van der Waals surface area contributed by atoms with Gasteiger partial charge in [0.2, 0.25) is 0 Å². The van der Waals surface area contributed by atoms with Gasteiger partial charge in [-0.25, -0.2) is 0 Å². The molecule has 0 spiro atoms. The van der Waals surface area contributed by atoms with Gasteiger partial charge in [-0.1, -0.05) is 17.7 Å². The van der Waals surface area contributed by atoms with Crippen molar-refractivity contribution in [2.45, 2.75) is 27.2 Å². The van der Waals surface area contributed by atoms with Gasteiger partial charge in [-0.2, -0.15) is 0 Å². The molecule has 0 heterocycles. The lowest BCUT2D eigenvalue weighted by atomic mass is 9.99. The first-order chi connectivity index (χ1) is 6.09. The number of aryl methyl sites for hydroxylation is 2. The minimum Gasteiger partial charge on any atom is -0.507 e. The number of hydrogen-bond donors (Lipinski definition) is 1. The molecule has 1 aliphatic carbocycles. The molecule has 1 heteroatoms. The van der Waals surface area contributed by atoms with E-state index in [1.807, 2.05) is 13.0 Å². The second-order valence-corrected chi connectivity index (χ2v) is 3.92. The fourth-order valence-corrected chi connectivity index (χ4v) is 2.03. The van der Waals surface area contributed by atoms with Gasteiger partial charge < -0.3 is 5.11 Å². The third-order valence-electron chi connectivity index (χ3n) is 2.69. The monoisotopic (exact) mass is 174 g/mol. The second kappa shape index (κ2) is 2.63. The van der Waals surface area contributed by atoms with Crippen LogP contribution in [0.3, 0.4) is 0 Å². The zero-order valence-electron chi connectivity index (χ0n) is 8.31. The van der Waals surface area contributed by atoms with Crippen LogP contribution in [-0.2, 0) is 6.42 Å². The number of aromatic hydroxyl groups is 1. The highest BCUT2D eigenvalue weighted by atomic mass is 16.3. The number of hydrogen-bond acceptors (Lipinski definition) is 1. The molecule has 0 saturated heterocycles. The molecular formula is C12H14O. The molecule has 0 aromatic heterocycles. The fourth-order valence-electron chi connectivity index (χ4n) is 2.03. The fraction of sp³-hybridized carbons (Fsp3) is 0.333. The first kappa shape index (κ1) is 8.36. The highest BCUT2D eigenvalue weighted by molar-refractivity contribution is 5.70. The van der Waals surface area contributed by atoms with Crippen LogP contribution in [-0.4, -0.2) is 5.11 Å². The van der Waals surface area contributed by atoms with Crippen LogP contribution in [0, 0.1) is 13.8 Å². The van der Waals surface area contributed by atoms with E-state index in [9.17, 15) is 5.11 Å². The van der Waals surface area contributed by atoms with Gasteiger partial charge in [-0.3, -0.25) is 0 Å². The van der Waals surface area contributed by atoms with Crippen molar-refractivity contribution < 1.29 is 5.11 Å². The average molecular weight is 174 g/mol. The normalized spacial score (nSPS) is 14.2. The van der Waals surface area contributed by atoms with Crippen LogP contribution in [0.15, 0.2) is 11.6 Å². The van der Waals surface area contributed by atoms with E-state index in [1.54, 1.807) is 0 Å². The Morgan fingerprint density at radius 2 is 1.85 bits per heavy atom. The smallest absolute Gasteiger partial charge is 0.122 e. The van der Waals surface area contributed by atoms with E-state index in [0.29, 0.717) is 5.75 Å². The highest BCUT2D eigenvalue weighted by Gasteiger charge is 2.17. The number of fused-ring (bicyclic) bond motifs is 1. The van der Waals surface area contributed by atoms with Gasteiger partial charge in [0, 0.05) is 5.56 Å². The van der Waals surface area contributed by atoms with E-state index in [4.69, 9.17) is 0 Å². The van der Waals surface area contributed by atoms with Crippen molar-refractivity contribution in [2.75, 3.05) is 0 Å². The van der Waals surface area contributed by atoms with Crippen molar-refractivity contribution in [3.8, 4) is 5.75 Å². The third kappa shape index (κ3) is 1.15. The number of rotatable bonds is 0. The molecule has 0 amide bonds. The van der Waals surface area contributed by atoms with Crippen LogP contribution in [0.2, 0.25) is 0 Å². The van der Waals surface area contributed by atoms with Crippen LogP contribution in [0.5, 0.6) is 5.75 Å². The van der Waals surface area contributed by atoms with Gasteiger partial charge in [-0.15, -0.1) is 0 Å². The Bertz CT molecular complexity index is 400. The van der Waals surface area contributed by atoms with Gasteiger partial charge in [0.25, 0.3) is 0 Å². The van der Waals surface area contributed by atoms with Gasteiger partial charge >= 0.3 is 0 Å². The van der Waals surface area contributed by atoms with E-state index < -0.39 is 0 Å². The van der Waals surface area contributed by atoms with Crippen LogP contribution in [0.1, 0.15) is 29.2 Å². The Balaban J connectivity index is 2.70. The zero-order chi connectivity index (χ0) is 9.59. The summed E-state index contributed by atoms with van der Waals surface area (Å²) in [6.45, 7) is 6.16. The number of phenols is 1. The molecule has 1 nitrogen and oxygen atoms in total. The lowest BCUT2D eigenvalue weighted by Crippen LogP contribution is -1.90. The zero-order valence-corrected chi connectivity index (χ0v) is 8.31. The van der Waals surface area contributed by atoms with Crippen molar-refractivity contribution in [3.05, 3.63) is 33.9 Å². The van der Waals surface area contributed by atoms with Crippen molar-refractivity contribution in [2.24, 2.45) is 0 Å². The molecule has 0 unspecified atom stereocenters. The predicted molar refractivity (Wildman–Crippen MR) is 54.9 cm³/mol. The van der Waals surface area contributed by atoms with Gasteiger partial charge in [0.05, 0.1) is 0 Å². The number of benzene rings is 1. The summed E-state index contributed by atoms with van der Waals surface area (Å²) in [6.07, 6.45) is 3.08. The first-order valence-electron chi connectivity index (χ1n) is 4.59. The summed E-state index contributed by atoms with van der Waals surface area (Å²) in [4.78, 5) is 0. The van der Waals surface area contributed by atoms with Gasteiger partial charge in [-0.05, 0) is 43.9 Å². The standard InChI is InChI=1S/C12H14O/c1-7-4-10-8(2)6-9(3)12(13)11(10)5-7/h4,6,13H,5H2,1-3H3. The van der Waals surface area contributed by atoms with Crippen molar-refractivity contribution in [1.82, 2.24) is 0 Å². The van der Waals surface area contributed by atoms with Crippen LogP contribution in [0.25, 0.3) is 6.08 Å². The average Bonchev–Trinajstić information content (AvgIpc) is 2.44. The van der Waals surface area contributed by atoms with Crippen molar-refractivity contribution in [3.63, 3.8) is 0 Å². The largest absolute Gasteiger partial charge is 0.507 e. The summed E-state index contributed by atoms with van der Waals surface area (Å²) in [7, 11) is 0. The Morgan fingerprint density at radius 3 is 2.54 bits per heavy atom. The molecule has 1 N–H and O–H groups in total. The molecule has 68 valence electrons. The maximum Gasteiger partial charge on any atom is 0.122 e. The van der Waals surface area contributed by atoms with E-state index in [2.05, 4.69) is 19.9 Å². The van der Waals surface area contributed by atoms with Gasteiger partial charge in [0.1, 0.15) is 5.75 Å². The molecule has 0 saturated carbocycles. The molecule has 2 rings (SSSR count). The molecular weight excluding hydrogens is 160 g/mol. The summed E-state index contributed by atoms with van der Waals surface area (Å²) in [6, 6.07) is 2.04. The summed E-state index contributed by atoms with van der Waals surface area (Å²) in [5.74, 6) is 0.480. The maximum absolute atomic E-state index is 9.83. The molecule has 0 fully saturated rings. The summed E-state index contributed by atoms with van der Waals surface area (Å²) < 4.78 is 0. The SMILES string of the molecule is CC1=Cc2c(C)cc(C)c(O)c2C1. The van der Waals surface area contributed by atoms with E-state index in [0.717, 1.165) is 17.5 Å². The molecule has 0 aliphatic heterocycles. The molecule has 1 aromatic rings. The Morgan fingerprint density at radius 1 is 1.15 bits per heavy atom.